The monoisotopic (exact) mass is 432 g/mol. The first-order valence-electron chi connectivity index (χ1n) is 11.4. The summed E-state index contributed by atoms with van der Waals surface area (Å²) in [5, 5.41) is 3.43. The number of benzene rings is 1. The highest BCUT2D eigenvalue weighted by Crippen LogP contribution is 2.35. The van der Waals surface area contributed by atoms with E-state index in [0.717, 1.165) is 45.1 Å². The Morgan fingerprint density at radius 2 is 1.57 bits per heavy atom. The molecule has 0 radical (unpaired) electrons. The lowest BCUT2D eigenvalue weighted by molar-refractivity contribution is -0.139. The molecule has 2 amide bonds. The molecule has 164 valence electrons. The van der Waals surface area contributed by atoms with Crippen LogP contribution >= 0.6 is 11.6 Å². The minimum atomic E-state index is -0.0516. The predicted molar refractivity (Wildman–Crippen MR) is 120 cm³/mol. The number of rotatable bonds is 5. The summed E-state index contributed by atoms with van der Waals surface area (Å²) in [4.78, 5) is 31.9. The Balaban J connectivity index is 1.21. The fourth-order valence-electron chi connectivity index (χ4n) is 5.28. The Morgan fingerprint density at radius 3 is 2.33 bits per heavy atom. The minimum Gasteiger partial charge on any atom is -0.338 e. The summed E-state index contributed by atoms with van der Waals surface area (Å²) in [5.74, 6) is 0.978. The standard InChI is InChI=1S/C23H33ClN4O2/c24-19-8-2-3-9-20(19)25-22(29)16-26-12-14-27(15-13-26)17-23(30)28-11-5-7-18-6-1-4-10-21(18)28/h2-3,8-9,18,21H,1,4-7,10-17H2,(H,25,29)/t18-,21+/m1/s1. The number of piperidine rings is 1. The van der Waals surface area contributed by atoms with Gasteiger partial charge in [0, 0.05) is 38.8 Å². The quantitative estimate of drug-likeness (QED) is 0.776. The van der Waals surface area contributed by atoms with Gasteiger partial charge in [-0.05, 0) is 43.7 Å². The number of anilines is 1. The number of amides is 2. The number of carbonyl (C=O) groups excluding carboxylic acids is 2. The van der Waals surface area contributed by atoms with E-state index >= 15 is 0 Å². The van der Waals surface area contributed by atoms with E-state index in [9.17, 15) is 9.59 Å². The zero-order chi connectivity index (χ0) is 20.9. The van der Waals surface area contributed by atoms with Crippen LogP contribution in [0, 0.1) is 5.92 Å². The van der Waals surface area contributed by atoms with E-state index in [1.807, 2.05) is 12.1 Å². The number of nitrogens with one attached hydrogen (secondary N) is 1. The molecule has 2 atom stereocenters. The van der Waals surface area contributed by atoms with Crippen molar-refractivity contribution in [1.82, 2.24) is 14.7 Å². The highest BCUT2D eigenvalue weighted by Gasteiger charge is 2.36. The van der Waals surface area contributed by atoms with Gasteiger partial charge in [0.25, 0.3) is 0 Å². The number of halogens is 1. The first-order valence-corrected chi connectivity index (χ1v) is 11.8. The highest BCUT2D eigenvalue weighted by atomic mass is 35.5. The SMILES string of the molecule is O=C(CN1CCN(CC(=O)N2CCC[C@H]3CCCC[C@@H]32)CC1)Nc1ccccc1Cl. The van der Waals surface area contributed by atoms with Gasteiger partial charge >= 0.3 is 0 Å². The van der Waals surface area contributed by atoms with Gasteiger partial charge < -0.3 is 10.2 Å². The molecule has 3 fully saturated rings. The predicted octanol–water partition coefficient (Wildman–Crippen LogP) is 3.08. The maximum atomic E-state index is 13.0. The van der Waals surface area contributed by atoms with Crippen LogP contribution in [0.5, 0.6) is 0 Å². The first kappa shape index (κ1) is 21.6. The molecule has 1 aromatic carbocycles. The number of para-hydroxylation sites is 1. The summed E-state index contributed by atoms with van der Waals surface area (Å²) in [6.45, 7) is 5.05. The second-order valence-corrected chi connectivity index (χ2v) is 9.33. The summed E-state index contributed by atoms with van der Waals surface area (Å²) < 4.78 is 0. The third-order valence-corrected chi connectivity index (χ3v) is 7.23. The Labute approximate surface area is 184 Å². The molecule has 1 aliphatic carbocycles. The molecule has 2 aliphatic heterocycles. The van der Waals surface area contributed by atoms with Crippen LogP contribution in [-0.4, -0.2) is 78.4 Å². The molecular weight excluding hydrogens is 400 g/mol. The highest BCUT2D eigenvalue weighted by molar-refractivity contribution is 6.33. The Morgan fingerprint density at radius 1 is 0.900 bits per heavy atom. The average Bonchev–Trinajstić information content (AvgIpc) is 2.76. The maximum absolute atomic E-state index is 13.0. The van der Waals surface area contributed by atoms with Crippen molar-refractivity contribution in [2.24, 2.45) is 5.92 Å². The second-order valence-electron chi connectivity index (χ2n) is 8.92. The topological polar surface area (TPSA) is 55.9 Å². The Bertz CT molecular complexity index is 748. The van der Waals surface area contributed by atoms with Crippen molar-refractivity contribution in [2.45, 2.75) is 44.6 Å². The molecular formula is C23H33ClN4O2. The van der Waals surface area contributed by atoms with Crippen molar-refractivity contribution in [1.29, 1.82) is 0 Å². The van der Waals surface area contributed by atoms with E-state index in [2.05, 4.69) is 20.0 Å². The first-order chi connectivity index (χ1) is 14.6. The molecule has 30 heavy (non-hydrogen) atoms. The molecule has 0 aromatic heterocycles. The van der Waals surface area contributed by atoms with Crippen molar-refractivity contribution in [3.8, 4) is 0 Å². The number of hydrogen-bond donors (Lipinski definition) is 1. The molecule has 6 nitrogen and oxygen atoms in total. The number of piperazine rings is 1. The van der Waals surface area contributed by atoms with E-state index in [0.29, 0.717) is 35.7 Å². The van der Waals surface area contributed by atoms with Crippen molar-refractivity contribution in [3.63, 3.8) is 0 Å². The number of carbonyl (C=O) groups is 2. The van der Waals surface area contributed by atoms with Crippen LogP contribution in [0.15, 0.2) is 24.3 Å². The molecule has 4 rings (SSSR count). The Kier molecular flexibility index (Phi) is 7.28. The summed E-state index contributed by atoms with van der Waals surface area (Å²) in [6, 6.07) is 7.76. The lowest BCUT2D eigenvalue weighted by atomic mass is 9.78. The van der Waals surface area contributed by atoms with Gasteiger partial charge in [-0.1, -0.05) is 36.6 Å². The van der Waals surface area contributed by atoms with Gasteiger partial charge in [-0.2, -0.15) is 0 Å². The van der Waals surface area contributed by atoms with Crippen LogP contribution in [0.4, 0.5) is 5.69 Å². The summed E-state index contributed by atoms with van der Waals surface area (Å²) in [6.07, 6.45) is 7.52. The fraction of sp³-hybridized carbons (Fsp3) is 0.652. The molecule has 0 unspecified atom stereocenters. The van der Waals surface area contributed by atoms with Gasteiger partial charge in [0.1, 0.15) is 0 Å². The van der Waals surface area contributed by atoms with E-state index in [1.165, 1.54) is 32.1 Å². The molecule has 1 saturated carbocycles. The molecule has 2 saturated heterocycles. The van der Waals surface area contributed by atoms with E-state index in [-0.39, 0.29) is 5.91 Å². The number of fused-ring (bicyclic) bond motifs is 1. The summed E-state index contributed by atoms with van der Waals surface area (Å²) >= 11 is 6.11. The minimum absolute atomic E-state index is 0.0516. The lowest BCUT2D eigenvalue weighted by Crippen LogP contribution is -2.55. The number of likely N-dealkylation sites (tertiary alicyclic amines) is 1. The van der Waals surface area contributed by atoms with E-state index in [1.54, 1.807) is 12.1 Å². The van der Waals surface area contributed by atoms with Gasteiger partial charge in [-0.25, -0.2) is 0 Å². The lowest BCUT2D eigenvalue weighted by Gasteiger charge is -2.45. The van der Waals surface area contributed by atoms with Gasteiger partial charge in [0.2, 0.25) is 11.8 Å². The zero-order valence-electron chi connectivity index (χ0n) is 17.7. The van der Waals surface area contributed by atoms with Crippen LogP contribution < -0.4 is 5.32 Å². The van der Waals surface area contributed by atoms with E-state index in [4.69, 9.17) is 11.6 Å². The molecule has 2 heterocycles. The van der Waals surface area contributed by atoms with Gasteiger partial charge in [0.15, 0.2) is 0 Å². The third kappa shape index (κ3) is 5.34. The molecule has 0 bridgehead atoms. The molecule has 3 aliphatic rings. The zero-order valence-corrected chi connectivity index (χ0v) is 18.4. The van der Waals surface area contributed by atoms with Crippen LogP contribution in [0.3, 0.4) is 0 Å². The third-order valence-electron chi connectivity index (χ3n) is 6.90. The van der Waals surface area contributed by atoms with Crippen LogP contribution in [0.25, 0.3) is 0 Å². The molecule has 1 aromatic rings. The molecule has 0 spiro atoms. The number of hydrogen-bond acceptors (Lipinski definition) is 4. The van der Waals surface area contributed by atoms with Gasteiger partial charge in [-0.3, -0.25) is 19.4 Å². The van der Waals surface area contributed by atoms with Crippen molar-refractivity contribution >= 4 is 29.1 Å². The van der Waals surface area contributed by atoms with E-state index < -0.39 is 0 Å². The maximum Gasteiger partial charge on any atom is 0.238 e. The molecule has 7 heteroatoms. The average molecular weight is 433 g/mol. The second kappa shape index (κ2) is 10.1. The number of nitrogens with zero attached hydrogens (tertiary/aromatic N) is 3. The normalized spacial score (nSPS) is 25.6. The summed E-state index contributed by atoms with van der Waals surface area (Å²) in [5.41, 5.74) is 0.649. The van der Waals surface area contributed by atoms with Gasteiger partial charge in [-0.15, -0.1) is 0 Å². The van der Waals surface area contributed by atoms with Crippen LogP contribution in [-0.2, 0) is 9.59 Å². The van der Waals surface area contributed by atoms with Crippen molar-refractivity contribution in [2.75, 3.05) is 51.1 Å². The largest absolute Gasteiger partial charge is 0.338 e. The molecule has 1 N–H and O–H groups in total. The summed E-state index contributed by atoms with van der Waals surface area (Å²) in [7, 11) is 0. The van der Waals surface area contributed by atoms with Crippen LogP contribution in [0.1, 0.15) is 38.5 Å². The van der Waals surface area contributed by atoms with Crippen molar-refractivity contribution < 1.29 is 9.59 Å². The Hall–Kier alpha value is -1.63. The van der Waals surface area contributed by atoms with Gasteiger partial charge in [0.05, 0.1) is 23.8 Å². The van der Waals surface area contributed by atoms with Crippen molar-refractivity contribution in [3.05, 3.63) is 29.3 Å². The smallest absolute Gasteiger partial charge is 0.238 e. The fourth-order valence-corrected chi connectivity index (χ4v) is 5.46. The van der Waals surface area contributed by atoms with Crippen LogP contribution in [0.2, 0.25) is 5.02 Å².